The normalized spacial score (nSPS) is 12.5. The number of hydrogen-bond donors (Lipinski definition) is 1. The van der Waals surface area contributed by atoms with Gasteiger partial charge in [-0.3, -0.25) is 0 Å². The van der Waals surface area contributed by atoms with E-state index in [0.717, 1.165) is 49.6 Å². The molecule has 0 aliphatic rings. The number of benzene rings is 1. The van der Waals surface area contributed by atoms with Gasteiger partial charge < -0.3 is 10.2 Å². The van der Waals surface area contributed by atoms with Crippen molar-refractivity contribution in [3.05, 3.63) is 41.8 Å². The van der Waals surface area contributed by atoms with Crippen molar-refractivity contribution in [1.29, 1.82) is 0 Å². The van der Waals surface area contributed by atoms with E-state index < -0.39 is 0 Å². The number of anilines is 1. The molecule has 0 amide bonds. The molecule has 1 unspecified atom stereocenters. The molecule has 0 spiro atoms. The fourth-order valence-corrected chi connectivity index (χ4v) is 3.30. The number of nitrogens with zero attached hydrogens (tertiary/aromatic N) is 5. The Hall–Kier alpha value is -2.31. The van der Waals surface area contributed by atoms with Crippen LogP contribution in [0.3, 0.4) is 0 Å². The molecular formula is C21H27ClN6. The molecule has 0 saturated carbocycles. The first-order valence-electron chi connectivity index (χ1n) is 9.83. The van der Waals surface area contributed by atoms with Crippen LogP contribution < -0.4 is 5.32 Å². The molecule has 3 rings (SSSR count). The molecule has 3 aromatic rings. The van der Waals surface area contributed by atoms with E-state index in [1.165, 1.54) is 6.33 Å². The Kier molecular flexibility index (Phi) is 7.12. The van der Waals surface area contributed by atoms with Gasteiger partial charge in [-0.1, -0.05) is 37.6 Å². The summed E-state index contributed by atoms with van der Waals surface area (Å²) in [6.07, 6.45) is 5.50. The summed E-state index contributed by atoms with van der Waals surface area (Å²) in [4.78, 5) is 20.4. The summed E-state index contributed by atoms with van der Waals surface area (Å²) in [7, 11) is 0. The summed E-state index contributed by atoms with van der Waals surface area (Å²) in [5, 5.41) is 4.17. The smallest absolute Gasteiger partial charge is 0.184 e. The molecule has 7 heteroatoms. The topological polar surface area (TPSA) is 66.8 Å². The van der Waals surface area contributed by atoms with Gasteiger partial charge in [0.05, 0.1) is 11.9 Å². The third-order valence-corrected chi connectivity index (χ3v) is 5.13. The van der Waals surface area contributed by atoms with Crippen molar-refractivity contribution in [2.75, 3.05) is 25.0 Å². The number of halogens is 1. The monoisotopic (exact) mass is 398 g/mol. The quantitative estimate of drug-likeness (QED) is 0.565. The lowest BCUT2D eigenvalue weighted by Gasteiger charge is -2.20. The minimum atomic E-state index is 0.298. The largest absolute Gasteiger partial charge is 0.366 e. The maximum absolute atomic E-state index is 5.97. The number of rotatable bonds is 9. The van der Waals surface area contributed by atoms with Crippen molar-refractivity contribution in [2.24, 2.45) is 0 Å². The van der Waals surface area contributed by atoms with Crippen LogP contribution in [0.2, 0.25) is 5.02 Å². The van der Waals surface area contributed by atoms with Crippen molar-refractivity contribution in [2.45, 2.75) is 39.7 Å². The molecule has 1 atom stereocenters. The Morgan fingerprint density at radius 1 is 1.07 bits per heavy atom. The standard InChI is InChI=1S/C21H27ClN6/c1-4-28(5-2)12-6-7-15(3)26-20-19-21(25-14-24-20)27-18(13-23-19)16-8-10-17(22)11-9-16/h8-11,13-15H,4-7,12H2,1-3H3,(H,24,25,26,27). The first kappa shape index (κ1) is 20.4. The molecule has 0 aliphatic heterocycles. The second-order valence-corrected chi connectivity index (χ2v) is 7.31. The Balaban J connectivity index is 1.71. The van der Waals surface area contributed by atoms with Crippen LogP contribution in [0.4, 0.5) is 5.82 Å². The molecular weight excluding hydrogens is 372 g/mol. The SMILES string of the molecule is CCN(CC)CCCC(C)Nc1ncnc2nc(-c3ccc(Cl)cc3)cnc12. The minimum Gasteiger partial charge on any atom is -0.366 e. The van der Waals surface area contributed by atoms with Gasteiger partial charge >= 0.3 is 0 Å². The third kappa shape index (κ3) is 5.14. The van der Waals surface area contributed by atoms with Crippen molar-refractivity contribution in [1.82, 2.24) is 24.8 Å². The molecule has 2 heterocycles. The fourth-order valence-electron chi connectivity index (χ4n) is 3.17. The van der Waals surface area contributed by atoms with E-state index in [9.17, 15) is 0 Å². The average molecular weight is 399 g/mol. The zero-order chi connectivity index (χ0) is 19.9. The van der Waals surface area contributed by atoms with Gasteiger partial charge in [-0.2, -0.15) is 0 Å². The fraction of sp³-hybridized carbons (Fsp3) is 0.429. The van der Waals surface area contributed by atoms with Gasteiger partial charge in [0, 0.05) is 16.6 Å². The van der Waals surface area contributed by atoms with Crippen LogP contribution in [0, 0.1) is 0 Å². The predicted octanol–water partition coefficient (Wildman–Crippen LogP) is 4.66. The molecule has 1 N–H and O–H groups in total. The predicted molar refractivity (Wildman–Crippen MR) is 116 cm³/mol. The molecule has 1 aromatic carbocycles. The van der Waals surface area contributed by atoms with Gasteiger partial charge in [0.15, 0.2) is 11.5 Å². The summed E-state index contributed by atoms with van der Waals surface area (Å²) in [6.45, 7) is 9.89. The highest BCUT2D eigenvalue weighted by Gasteiger charge is 2.11. The number of hydrogen-bond acceptors (Lipinski definition) is 6. The van der Waals surface area contributed by atoms with Crippen molar-refractivity contribution in [3.8, 4) is 11.3 Å². The second kappa shape index (κ2) is 9.75. The summed E-state index contributed by atoms with van der Waals surface area (Å²) in [6, 6.07) is 7.84. The van der Waals surface area contributed by atoms with Gasteiger partial charge in [-0.15, -0.1) is 0 Å². The van der Waals surface area contributed by atoms with Gasteiger partial charge in [-0.25, -0.2) is 19.9 Å². The molecule has 2 aromatic heterocycles. The highest BCUT2D eigenvalue weighted by atomic mass is 35.5. The molecule has 0 fully saturated rings. The minimum absolute atomic E-state index is 0.298. The zero-order valence-electron chi connectivity index (χ0n) is 16.7. The Bertz CT molecular complexity index is 895. The third-order valence-electron chi connectivity index (χ3n) is 4.87. The van der Waals surface area contributed by atoms with Crippen LogP contribution in [0.25, 0.3) is 22.4 Å². The zero-order valence-corrected chi connectivity index (χ0v) is 17.4. The molecule has 0 bridgehead atoms. The number of nitrogens with one attached hydrogen (secondary N) is 1. The highest BCUT2D eigenvalue weighted by molar-refractivity contribution is 6.30. The molecule has 0 saturated heterocycles. The summed E-state index contributed by atoms with van der Waals surface area (Å²) >= 11 is 5.97. The lowest BCUT2D eigenvalue weighted by molar-refractivity contribution is 0.295. The first-order chi connectivity index (χ1) is 13.6. The summed E-state index contributed by atoms with van der Waals surface area (Å²) in [5.41, 5.74) is 2.99. The van der Waals surface area contributed by atoms with Gasteiger partial charge in [-0.05, 0) is 51.5 Å². The summed E-state index contributed by atoms with van der Waals surface area (Å²) in [5.74, 6) is 0.732. The van der Waals surface area contributed by atoms with Crippen molar-refractivity contribution >= 4 is 28.6 Å². The van der Waals surface area contributed by atoms with E-state index in [2.05, 4.69) is 50.9 Å². The number of fused-ring (bicyclic) bond motifs is 1. The first-order valence-corrected chi connectivity index (χ1v) is 10.2. The second-order valence-electron chi connectivity index (χ2n) is 6.87. The molecule has 0 radical (unpaired) electrons. The molecule has 0 aliphatic carbocycles. The van der Waals surface area contributed by atoms with E-state index in [0.29, 0.717) is 22.2 Å². The van der Waals surface area contributed by atoms with E-state index in [1.807, 2.05) is 24.3 Å². The summed E-state index contributed by atoms with van der Waals surface area (Å²) < 4.78 is 0. The van der Waals surface area contributed by atoms with Crippen LogP contribution in [0.15, 0.2) is 36.8 Å². The van der Waals surface area contributed by atoms with Gasteiger partial charge in [0.2, 0.25) is 0 Å². The van der Waals surface area contributed by atoms with Crippen LogP contribution in [0.1, 0.15) is 33.6 Å². The maximum Gasteiger partial charge on any atom is 0.184 e. The van der Waals surface area contributed by atoms with Gasteiger partial charge in [0.25, 0.3) is 0 Å². The molecule has 6 nitrogen and oxygen atoms in total. The van der Waals surface area contributed by atoms with Crippen LogP contribution >= 0.6 is 11.6 Å². The van der Waals surface area contributed by atoms with Crippen molar-refractivity contribution in [3.63, 3.8) is 0 Å². The molecule has 148 valence electrons. The van der Waals surface area contributed by atoms with Gasteiger partial charge in [0.1, 0.15) is 11.8 Å². The van der Waals surface area contributed by atoms with E-state index in [4.69, 9.17) is 11.6 Å². The number of aromatic nitrogens is 4. The van der Waals surface area contributed by atoms with Crippen LogP contribution in [-0.4, -0.2) is 50.5 Å². The average Bonchev–Trinajstić information content (AvgIpc) is 2.71. The van der Waals surface area contributed by atoms with Crippen molar-refractivity contribution < 1.29 is 0 Å². The Labute approximate surface area is 171 Å². The highest BCUT2D eigenvalue weighted by Crippen LogP contribution is 2.23. The molecule has 28 heavy (non-hydrogen) atoms. The van der Waals surface area contributed by atoms with E-state index in [-0.39, 0.29) is 0 Å². The van der Waals surface area contributed by atoms with E-state index >= 15 is 0 Å². The Morgan fingerprint density at radius 2 is 1.82 bits per heavy atom. The van der Waals surface area contributed by atoms with Crippen LogP contribution in [0.5, 0.6) is 0 Å². The lowest BCUT2D eigenvalue weighted by Crippen LogP contribution is -2.25. The lowest BCUT2D eigenvalue weighted by atomic mass is 10.1. The Morgan fingerprint density at radius 3 is 2.54 bits per heavy atom. The van der Waals surface area contributed by atoms with E-state index in [1.54, 1.807) is 6.20 Å². The maximum atomic E-state index is 5.97. The van der Waals surface area contributed by atoms with Crippen LogP contribution in [-0.2, 0) is 0 Å².